The van der Waals surface area contributed by atoms with Gasteiger partial charge in [0.05, 0.1) is 0 Å². The maximum absolute atomic E-state index is 12.4. The molecule has 0 radical (unpaired) electrons. The molecule has 1 saturated heterocycles. The Morgan fingerprint density at radius 2 is 2.06 bits per heavy atom. The topological polar surface area (TPSA) is 33.2 Å². The Kier molecular flexibility index (Phi) is 2.57. The summed E-state index contributed by atoms with van der Waals surface area (Å²) >= 11 is 0. The van der Waals surface area contributed by atoms with Gasteiger partial charge in [-0.15, -0.1) is 0 Å². The normalized spacial score (nSPS) is 16.9. The van der Waals surface area contributed by atoms with Gasteiger partial charge >= 0.3 is 6.18 Å². The Morgan fingerprint density at radius 3 is 2.62 bits per heavy atom. The van der Waals surface area contributed by atoms with Crippen LogP contribution in [-0.2, 0) is 11.0 Å². The van der Waals surface area contributed by atoms with Crippen LogP contribution in [0.25, 0.3) is 0 Å². The lowest BCUT2D eigenvalue weighted by atomic mass is 10.3. The molecule has 0 N–H and O–H groups in total. The van der Waals surface area contributed by atoms with E-state index in [9.17, 15) is 18.0 Å². The summed E-state index contributed by atoms with van der Waals surface area (Å²) in [7, 11) is 0. The van der Waals surface area contributed by atoms with Crippen molar-refractivity contribution in [3.63, 3.8) is 0 Å². The van der Waals surface area contributed by atoms with Crippen molar-refractivity contribution in [1.82, 2.24) is 4.98 Å². The van der Waals surface area contributed by atoms with E-state index in [1.165, 1.54) is 17.0 Å². The lowest BCUT2D eigenvalue weighted by molar-refractivity contribution is -0.141. The highest BCUT2D eigenvalue weighted by Gasteiger charge is 2.33. The number of rotatable bonds is 1. The molecule has 1 aliphatic rings. The van der Waals surface area contributed by atoms with Crippen molar-refractivity contribution in [2.45, 2.75) is 19.0 Å². The Hall–Kier alpha value is -1.59. The van der Waals surface area contributed by atoms with Gasteiger partial charge in [-0.3, -0.25) is 9.69 Å². The van der Waals surface area contributed by atoms with Gasteiger partial charge in [0.25, 0.3) is 0 Å². The van der Waals surface area contributed by atoms with E-state index < -0.39 is 11.9 Å². The van der Waals surface area contributed by atoms with E-state index in [0.29, 0.717) is 19.4 Å². The van der Waals surface area contributed by atoms with Crippen LogP contribution < -0.4 is 4.90 Å². The molecule has 0 atom stereocenters. The number of aromatic nitrogens is 1. The smallest absolute Gasteiger partial charge is 0.297 e. The van der Waals surface area contributed by atoms with E-state index in [1.54, 1.807) is 0 Å². The number of halogens is 3. The standard InChI is InChI=1S/C10H9F3N2O/c11-10(12,13)7-3-1-4-8(14-7)15-6-2-5-9(15)16/h1,3-4H,2,5-6H2. The van der Waals surface area contributed by atoms with Crippen LogP contribution in [0.3, 0.4) is 0 Å². The molecule has 1 aliphatic heterocycles. The SMILES string of the molecule is O=C1CCCN1c1cccc(C(F)(F)F)n1. The van der Waals surface area contributed by atoms with Crippen LogP contribution in [0.5, 0.6) is 0 Å². The molecule has 0 aliphatic carbocycles. The molecule has 16 heavy (non-hydrogen) atoms. The molecule has 1 aromatic heterocycles. The van der Waals surface area contributed by atoms with Gasteiger partial charge in [0.1, 0.15) is 11.5 Å². The Labute approximate surface area is 89.9 Å². The fourth-order valence-corrected chi connectivity index (χ4v) is 1.62. The molecule has 1 aromatic rings. The zero-order valence-corrected chi connectivity index (χ0v) is 8.29. The lowest BCUT2D eigenvalue weighted by Gasteiger charge is -2.15. The summed E-state index contributed by atoms with van der Waals surface area (Å²) in [6.45, 7) is 0.438. The highest BCUT2D eigenvalue weighted by Crippen LogP contribution is 2.29. The number of nitrogens with zero attached hydrogens (tertiary/aromatic N) is 2. The van der Waals surface area contributed by atoms with Gasteiger partial charge in [-0.2, -0.15) is 13.2 Å². The third kappa shape index (κ3) is 2.00. The Bertz CT molecular complexity index is 417. The van der Waals surface area contributed by atoms with Gasteiger partial charge in [0.2, 0.25) is 5.91 Å². The molecule has 0 bridgehead atoms. The van der Waals surface area contributed by atoms with Crippen molar-refractivity contribution < 1.29 is 18.0 Å². The molecule has 1 fully saturated rings. The van der Waals surface area contributed by atoms with Crippen LogP contribution in [-0.4, -0.2) is 17.4 Å². The first-order valence-electron chi connectivity index (χ1n) is 4.83. The second kappa shape index (κ2) is 3.77. The van der Waals surface area contributed by atoms with Crippen LogP contribution >= 0.6 is 0 Å². The number of carbonyl (C=O) groups excluding carboxylic acids is 1. The number of amides is 1. The van der Waals surface area contributed by atoms with Gasteiger partial charge in [0, 0.05) is 13.0 Å². The molecule has 86 valence electrons. The van der Waals surface area contributed by atoms with Crippen LogP contribution in [0, 0.1) is 0 Å². The number of hydrogen-bond acceptors (Lipinski definition) is 2. The quantitative estimate of drug-likeness (QED) is 0.741. The molecular formula is C10H9F3N2O. The summed E-state index contributed by atoms with van der Waals surface area (Å²) in [5, 5.41) is 0. The molecule has 0 saturated carbocycles. The van der Waals surface area contributed by atoms with Gasteiger partial charge in [-0.05, 0) is 18.6 Å². The number of carbonyl (C=O) groups is 1. The molecule has 0 spiro atoms. The average Bonchev–Trinajstić information content (AvgIpc) is 2.63. The van der Waals surface area contributed by atoms with Crippen LogP contribution in [0.4, 0.5) is 19.0 Å². The minimum atomic E-state index is -4.47. The lowest BCUT2D eigenvalue weighted by Crippen LogP contribution is -2.25. The van der Waals surface area contributed by atoms with Crippen molar-refractivity contribution in [3.8, 4) is 0 Å². The number of alkyl halides is 3. The number of hydrogen-bond donors (Lipinski definition) is 0. The molecule has 1 amide bonds. The minimum Gasteiger partial charge on any atom is -0.297 e. The minimum absolute atomic E-state index is 0.0809. The van der Waals surface area contributed by atoms with E-state index in [-0.39, 0.29) is 11.7 Å². The summed E-state index contributed by atoms with van der Waals surface area (Å²) in [6, 6.07) is 3.57. The Morgan fingerprint density at radius 1 is 1.31 bits per heavy atom. The highest BCUT2D eigenvalue weighted by atomic mass is 19.4. The van der Waals surface area contributed by atoms with Crippen molar-refractivity contribution in [3.05, 3.63) is 23.9 Å². The van der Waals surface area contributed by atoms with Crippen LogP contribution in [0.1, 0.15) is 18.5 Å². The maximum Gasteiger partial charge on any atom is 0.433 e. The molecule has 0 aromatic carbocycles. The first-order chi connectivity index (χ1) is 7.48. The molecule has 3 nitrogen and oxygen atoms in total. The van der Waals surface area contributed by atoms with E-state index in [1.807, 2.05) is 0 Å². The predicted molar refractivity (Wildman–Crippen MR) is 50.8 cm³/mol. The second-order valence-electron chi connectivity index (χ2n) is 3.53. The molecule has 2 rings (SSSR count). The Balaban J connectivity index is 2.32. The van der Waals surface area contributed by atoms with Crippen LogP contribution in [0.15, 0.2) is 18.2 Å². The van der Waals surface area contributed by atoms with Gasteiger partial charge < -0.3 is 0 Å². The summed E-state index contributed by atoms with van der Waals surface area (Å²) < 4.78 is 37.2. The fraction of sp³-hybridized carbons (Fsp3) is 0.400. The first-order valence-corrected chi connectivity index (χ1v) is 4.83. The first kappa shape index (κ1) is 10.9. The molecule has 0 unspecified atom stereocenters. The van der Waals surface area contributed by atoms with Crippen molar-refractivity contribution >= 4 is 11.7 Å². The molecule has 2 heterocycles. The van der Waals surface area contributed by atoms with Crippen molar-refractivity contribution in [1.29, 1.82) is 0 Å². The summed E-state index contributed by atoms with van der Waals surface area (Å²) in [6.07, 6.45) is -3.44. The van der Waals surface area contributed by atoms with E-state index in [0.717, 1.165) is 6.07 Å². The summed E-state index contributed by atoms with van der Waals surface area (Å²) in [5.41, 5.74) is -0.968. The van der Waals surface area contributed by atoms with E-state index in [4.69, 9.17) is 0 Å². The van der Waals surface area contributed by atoms with E-state index in [2.05, 4.69) is 4.98 Å². The average molecular weight is 230 g/mol. The van der Waals surface area contributed by atoms with Crippen molar-refractivity contribution in [2.75, 3.05) is 11.4 Å². The van der Waals surface area contributed by atoms with Crippen molar-refractivity contribution in [2.24, 2.45) is 0 Å². The third-order valence-electron chi connectivity index (χ3n) is 2.37. The fourth-order valence-electron chi connectivity index (χ4n) is 1.62. The summed E-state index contributed by atoms with van der Waals surface area (Å²) in [5.74, 6) is -0.0934. The van der Waals surface area contributed by atoms with Gasteiger partial charge in [0.15, 0.2) is 0 Å². The second-order valence-corrected chi connectivity index (χ2v) is 3.53. The van der Waals surface area contributed by atoms with Gasteiger partial charge in [-0.1, -0.05) is 6.07 Å². The molecular weight excluding hydrogens is 221 g/mol. The monoisotopic (exact) mass is 230 g/mol. The zero-order valence-electron chi connectivity index (χ0n) is 8.29. The molecule has 6 heteroatoms. The number of pyridine rings is 1. The highest BCUT2D eigenvalue weighted by molar-refractivity contribution is 5.94. The van der Waals surface area contributed by atoms with E-state index >= 15 is 0 Å². The van der Waals surface area contributed by atoms with Gasteiger partial charge in [-0.25, -0.2) is 4.98 Å². The van der Waals surface area contributed by atoms with Crippen LogP contribution in [0.2, 0.25) is 0 Å². The number of anilines is 1. The largest absolute Gasteiger partial charge is 0.433 e. The predicted octanol–water partition coefficient (Wildman–Crippen LogP) is 2.23. The summed E-state index contributed by atoms with van der Waals surface area (Å²) in [4.78, 5) is 16.1. The maximum atomic E-state index is 12.4. The third-order valence-corrected chi connectivity index (χ3v) is 2.37. The zero-order chi connectivity index (χ0) is 11.8.